The van der Waals surface area contributed by atoms with Gasteiger partial charge in [0.15, 0.2) is 17.3 Å². The number of aromatic nitrogens is 2. The Bertz CT molecular complexity index is 1690. The lowest BCUT2D eigenvalue weighted by molar-refractivity contribution is 0.267. The fraction of sp³-hybridized carbons (Fsp3) is 0.100. The van der Waals surface area contributed by atoms with E-state index in [2.05, 4.69) is 27.7 Å². The van der Waals surface area contributed by atoms with Crippen molar-refractivity contribution >= 4 is 39.7 Å². The maximum atomic E-state index is 13.6. The molecule has 0 saturated carbocycles. The Balaban J connectivity index is 1.53. The van der Waals surface area contributed by atoms with Crippen molar-refractivity contribution in [2.75, 3.05) is 6.61 Å². The van der Waals surface area contributed by atoms with E-state index in [1.165, 1.54) is 16.8 Å². The van der Waals surface area contributed by atoms with Gasteiger partial charge in [-0.2, -0.15) is 9.78 Å². The van der Waals surface area contributed by atoms with Crippen LogP contribution in [0.15, 0.2) is 101 Å². The second kappa shape index (κ2) is 11.6. The van der Waals surface area contributed by atoms with Crippen molar-refractivity contribution in [3.63, 3.8) is 0 Å². The SMILES string of the molecule is CCOc1cc(C=Nn2c(-c3ccccc3)nc3ccccc3c2=O)cc(I)c1OCc1cccc(F)c1. The summed E-state index contributed by atoms with van der Waals surface area (Å²) < 4.78 is 27.6. The fourth-order valence-electron chi connectivity index (χ4n) is 3.98. The van der Waals surface area contributed by atoms with Crippen LogP contribution in [0.2, 0.25) is 0 Å². The molecule has 5 aromatic rings. The van der Waals surface area contributed by atoms with Crippen LogP contribution in [-0.2, 0) is 6.61 Å². The second-order valence-electron chi connectivity index (χ2n) is 8.36. The highest BCUT2D eigenvalue weighted by atomic mass is 127. The number of ether oxygens (including phenoxy) is 2. The first-order valence-corrected chi connectivity index (χ1v) is 13.1. The maximum Gasteiger partial charge on any atom is 0.282 e. The van der Waals surface area contributed by atoms with E-state index in [1.807, 2.05) is 55.5 Å². The van der Waals surface area contributed by atoms with Gasteiger partial charge in [0.2, 0.25) is 0 Å². The highest BCUT2D eigenvalue weighted by Gasteiger charge is 2.14. The first-order valence-electron chi connectivity index (χ1n) is 12.0. The molecule has 4 aromatic carbocycles. The topological polar surface area (TPSA) is 65.7 Å². The molecule has 1 heterocycles. The Morgan fingerprint density at radius 2 is 1.76 bits per heavy atom. The molecule has 0 bridgehead atoms. The normalized spacial score (nSPS) is 11.2. The molecule has 0 spiro atoms. The molecule has 0 unspecified atom stereocenters. The van der Waals surface area contributed by atoms with Crippen molar-refractivity contribution in [2.45, 2.75) is 13.5 Å². The molecule has 0 aliphatic carbocycles. The highest BCUT2D eigenvalue weighted by molar-refractivity contribution is 14.1. The Morgan fingerprint density at radius 3 is 2.55 bits per heavy atom. The van der Waals surface area contributed by atoms with Crippen LogP contribution in [-0.4, -0.2) is 22.5 Å². The summed E-state index contributed by atoms with van der Waals surface area (Å²) >= 11 is 2.17. The largest absolute Gasteiger partial charge is 0.490 e. The van der Waals surface area contributed by atoms with E-state index in [9.17, 15) is 9.18 Å². The Hall–Kier alpha value is -4.05. The zero-order valence-electron chi connectivity index (χ0n) is 20.5. The Labute approximate surface area is 232 Å². The van der Waals surface area contributed by atoms with Gasteiger partial charge in [0.25, 0.3) is 5.56 Å². The third-order valence-corrected chi connectivity index (χ3v) is 6.51. The van der Waals surface area contributed by atoms with Gasteiger partial charge in [0.1, 0.15) is 12.4 Å². The minimum Gasteiger partial charge on any atom is -0.490 e. The number of para-hydroxylation sites is 1. The standard InChI is InChI=1S/C30H23FIN3O3/c1-2-37-27-17-21(16-25(32)28(27)38-19-20-9-8-12-23(31)15-20)18-33-35-29(22-10-4-3-5-11-22)34-26-14-7-6-13-24(26)30(35)36/h3-18H,2,19H2,1H3. The molecule has 0 saturated heterocycles. The van der Waals surface area contributed by atoms with Crippen molar-refractivity contribution < 1.29 is 13.9 Å². The number of halogens is 2. The summed E-state index contributed by atoms with van der Waals surface area (Å²) in [7, 11) is 0. The van der Waals surface area contributed by atoms with Crippen molar-refractivity contribution in [1.82, 2.24) is 9.66 Å². The van der Waals surface area contributed by atoms with Gasteiger partial charge in [0, 0.05) is 5.56 Å². The molecule has 0 N–H and O–H groups in total. The van der Waals surface area contributed by atoms with Gasteiger partial charge in [-0.3, -0.25) is 4.79 Å². The van der Waals surface area contributed by atoms with Gasteiger partial charge >= 0.3 is 0 Å². The lowest BCUT2D eigenvalue weighted by Crippen LogP contribution is -2.20. The van der Waals surface area contributed by atoms with E-state index < -0.39 is 0 Å². The zero-order valence-corrected chi connectivity index (χ0v) is 22.6. The summed E-state index contributed by atoms with van der Waals surface area (Å²) in [6, 6.07) is 26.7. The van der Waals surface area contributed by atoms with Gasteiger partial charge in [0.05, 0.1) is 27.3 Å². The molecule has 1 aromatic heterocycles. The third kappa shape index (κ3) is 5.60. The minimum absolute atomic E-state index is 0.194. The maximum absolute atomic E-state index is 13.6. The van der Waals surface area contributed by atoms with Crippen molar-refractivity contribution in [1.29, 1.82) is 0 Å². The van der Waals surface area contributed by atoms with Crippen LogP contribution in [0.1, 0.15) is 18.1 Å². The van der Waals surface area contributed by atoms with Gasteiger partial charge in [-0.1, -0.05) is 54.6 Å². The molecule has 0 aliphatic heterocycles. The predicted molar refractivity (Wildman–Crippen MR) is 155 cm³/mol. The number of rotatable bonds is 8. The van der Waals surface area contributed by atoms with Crippen LogP contribution in [0.5, 0.6) is 11.5 Å². The molecular formula is C30H23FIN3O3. The first kappa shape index (κ1) is 25.6. The van der Waals surface area contributed by atoms with Gasteiger partial charge in [-0.15, -0.1) is 0 Å². The molecule has 0 amide bonds. The molecule has 0 atom stereocenters. The summed E-state index contributed by atoms with van der Waals surface area (Å²) in [5.41, 5.74) is 2.55. The highest BCUT2D eigenvalue weighted by Crippen LogP contribution is 2.34. The average molecular weight is 619 g/mol. The molecule has 0 aliphatic rings. The quantitative estimate of drug-likeness (QED) is 0.144. The van der Waals surface area contributed by atoms with Gasteiger partial charge < -0.3 is 9.47 Å². The Morgan fingerprint density at radius 1 is 0.974 bits per heavy atom. The van der Waals surface area contributed by atoms with E-state index in [4.69, 9.17) is 14.5 Å². The van der Waals surface area contributed by atoms with E-state index >= 15 is 0 Å². The third-order valence-electron chi connectivity index (χ3n) is 5.71. The van der Waals surface area contributed by atoms with Crippen LogP contribution >= 0.6 is 22.6 Å². The molecule has 0 radical (unpaired) electrons. The summed E-state index contributed by atoms with van der Waals surface area (Å²) in [4.78, 5) is 18.1. The summed E-state index contributed by atoms with van der Waals surface area (Å²) in [5, 5.41) is 5.03. The number of fused-ring (bicyclic) bond motifs is 1. The molecule has 38 heavy (non-hydrogen) atoms. The second-order valence-corrected chi connectivity index (χ2v) is 9.52. The minimum atomic E-state index is -0.314. The number of benzene rings is 4. The lowest BCUT2D eigenvalue weighted by atomic mass is 10.2. The van der Waals surface area contributed by atoms with E-state index in [0.29, 0.717) is 40.4 Å². The number of hydrogen-bond acceptors (Lipinski definition) is 5. The van der Waals surface area contributed by atoms with Crippen LogP contribution in [0.25, 0.3) is 22.3 Å². The molecule has 190 valence electrons. The smallest absolute Gasteiger partial charge is 0.282 e. The summed E-state index contributed by atoms with van der Waals surface area (Å²) in [6.45, 7) is 2.51. The van der Waals surface area contributed by atoms with E-state index in [1.54, 1.807) is 36.5 Å². The monoisotopic (exact) mass is 619 g/mol. The first-order chi connectivity index (χ1) is 18.5. The summed E-state index contributed by atoms with van der Waals surface area (Å²) in [5.74, 6) is 1.22. The van der Waals surface area contributed by atoms with Crippen LogP contribution in [0.4, 0.5) is 4.39 Å². The summed E-state index contributed by atoms with van der Waals surface area (Å²) in [6.07, 6.45) is 1.60. The van der Waals surface area contributed by atoms with E-state index in [0.717, 1.165) is 14.7 Å². The molecule has 0 fully saturated rings. The Kier molecular flexibility index (Phi) is 7.78. The van der Waals surface area contributed by atoms with Gasteiger partial charge in [-0.05, 0) is 77.0 Å². The predicted octanol–water partition coefficient (Wildman–Crippen LogP) is 6.67. The molecule has 6 nitrogen and oxygen atoms in total. The van der Waals surface area contributed by atoms with Crippen LogP contribution < -0.4 is 15.0 Å². The molecule has 8 heteroatoms. The zero-order chi connectivity index (χ0) is 26.5. The molecular weight excluding hydrogens is 596 g/mol. The van der Waals surface area contributed by atoms with Crippen molar-refractivity contribution in [3.8, 4) is 22.9 Å². The van der Waals surface area contributed by atoms with Crippen molar-refractivity contribution in [3.05, 3.63) is 122 Å². The lowest BCUT2D eigenvalue weighted by Gasteiger charge is -2.15. The van der Waals surface area contributed by atoms with Crippen LogP contribution in [0, 0.1) is 9.39 Å². The number of nitrogens with zero attached hydrogens (tertiary/aromatic N) is 3. The van der Waals surface area contributed by atoms with Crippen LogP contribution in [0.3, 0.4) is 0 Å². The number of hydrogen-bond donors (Lipinski definition) is 0. The van der Waals surface area contributed by atoms with E-state index in [-0.39, 0.29) is 18.0 Å². The fourth-order valence-corrected chi connectivity index (χ4v) is 4.76. The van der Waals surface area contributed by atoms with Gasteiger partial charge in [-0.25, -0.2) is 9.37 Å². The average Bonchev–Trinajstić information content (AvgIpc) is 2.93. The molecule has 5 rings (SSSR count). The van der Waals surface area contributed by atoms with Crippen molar-refractivity contribution in [2.24, 2.45) is 5.10 Å².